The number of aromatic nitrogens is 4. The summed E-state index contributed by atoms with van der Waals surface area (Å²) in [7, 11) is 1.57. The van der Waals surface area contributed by atoms with Gasteiger partial charge in [-0.05, 0) is 11.1 Å². The molecule has 2 heterocycles. The standard InChI is InChI=1S/C16H21N7O3/c1-25-6-7-26-15-21-13(17)12-14(22-15)23(16(24)20-12)9-11-4-2-10(3-5-11)8-19-18/h2-5,19H,6-9,18H2,1H3,(H,20,24)(H2,17,21,22). The van der Waals surface area contributed by atoms with Crippen LogP contribution in [-0.2, 0) is 17.8 Å². The maximum Gasteiger partial charge on any atom is 0.320 e. The number of nitrogens with two attached hydrogens (primary N) is 2. The van der Waals surface area contributed by atoms with E-state index in [9.17, 15) is 5.11 Å². The smallest absolute Gasteiger partial charge is 0.320 e. The molecule has 6 N–H and O–H groups in total. The summed E-state index contributed by atoms with van der Waals surface area (Å²) in [5, 5.41) is 10.2. The lowest BCUT2D eigenvalue weighted by molar-refractivity contribution is 0.141. The van der Waals surface area contributed by atoms with E-state index in [2.05, 4.69) is 20.4 Å². The Morgan fingerprint density at radius 2 is 1.85 bits per heavy atom. The van der Waals surface area contributed by atoms with Gasteiger partial charge in [-0.15, -0.1) is 0 Å². The molecule has 0 fully saturated rings. The number of methoxy groups -OCH3 is 1. The number of rotatable bonds is 8. The molecule has 10 heteroatoms. The first-order valence-electron chi connectivity index (χ1n) is 7.98. The first-order valence-corrected chi connectivity index (χ1v) is 7.98. The van der Waals surface area contributed by atoms with Crippen LogP contribution in [0.1, 0.15) is 11.1 Å². The fourth-order valence-corrected chi connectivity index (χ4v) is 2.48. The lowest BCUT2D eigenvalue weighted by Crippen LogP contribution is -2.20. The Labute approximate surface area is 149 Å². The van der Waals surface area contributed by atoms with E-state index < -0.39 is 0 Å². The van der Waals surface area contributed by atoms with E-state index in [0.29, 0.717) is 30.9 Å². The number of benzene rings is 1. The van der Waals surface area contributed by atoms with Gasteiger partial charge in [-0.1, -0.05) is 24.3 Å². The van der Waals surface area contributed by atoms with E-state index in [4.69, 9.17) is 21.1 Å². The van der Waals surface area contributed by atoms with Crippen molar-refractivity contribution in [3.63, 3.8) is 0 Å². The monoisotopic (exact) mass is 359 g/mol. The Morgan fingerprint density at radius 1 is 1.12 bits per heavy atom. The molecule has 138 valence electrons. The average Bonchev–Trinajstić information content (AvgIpc) is 2.94. The van der Waals surface area contributed by atoms with Crippen molar-refractivity contribution in [3.8, 4) is 12.0 Å². The van der Waals surface area contributed by atoms with Crippen molar-refractivity contribution >= 4 is 17.0 Å². The summed E-state index contributed by atoms with van der Waals surface area (Å²) < 4.78 is 11.9. The summed E-state index contributed by atoms with van der Waals surface area (Å²) in [4.78, 5) is 12.4. The zero-order valence-corrected chi connectivity index (χ0v) is 14.3. The Balaban J connectivity index is 1.90. The Morgan fingerprint density at radius 3 is 2.54 bits per heavy atom. The van der Waals surface area contributed by atoms with Gasteiger partial charge in [-0.25, -0.2) is 0 Å². The van der Waals surface area contributed by atoms with Crippen LogP contribution in [0.15, 0.2) is 24.3 Å². The van der Waals surface area contributed by atoms with Crippen molar-refractivity contribution in [2.24, 2.45) is 5.84 Å². The number of nitrogen functional groups attached to an aromatic ring is 1. The molecule has 0 saturated carbocycles. The van der Waals surface area contributed by atoms with E-state index in [1.165, 1.54) is 0 Å². The molecule has 0 amide bonds. The number of ether oxygens (including phenoxy) is 2. The number of anilines is 1. The molecular formula is C16H21N7O3. The predicted molar refractivity (Wildman–Crippen MR) is 95.3 cm³/mol. The van der Waals surface area contributed by atoms with Gasteiger partial charge in [0.15, 0.2) is 17.0 Å². The maximum absolute atomic E-state index is 10.2. The molecule has 10 nitrogen and oxygen atoms in total. The second-order valence-electron chi connectivity index (χ2n) is 5.60. The number of nitrogens with one attached hydrogen (secondary N) is 1. The third-order valence-electron chi connectivity index (χ3n) is 3.77. The zero-order chi connectivity index (χ0) is 18.5. The van der Waals surface area contributed by atoms with E-state index in [1.807, 2.05) is 24.3 Å². The zero-order valence-electron chi connectivity index (χ0n) is 14.3. The van der Waals surface area contributed by atoms with Crippen molar-refractivity contribution in [1.82, 2.24) is 24.9 Å². The van der Waals surface area contributed by atoms with E-state index in [1.54, 1.807) is 11.7 Å². The van der Waals surface area contributed by atoms with Crippen LogP contribution in [0.25, 0.3) is 11.2 Å². The fraction of sp³-hybridized carbons (Fsp3) is 0.312. The van der Waals surface area contributed by atoms with Gasteiger partial charge in [0.25, 0.3) is 6.01 Å². The number of hydrazine groups is 1. The second kappa shape index (κ2) is 7.95. The number of hydrogen-bond acceptors (Lipinski definition) is 9. The molecule has 26 heavy (non-hydrogen) atoms. The third-order valence-corrected chi connectivity index (χ3v) is 3.77. The van der Waals surface area contributed by atoms with Gasteiger partial charge >= 0.3 is 6.01 Å². The molecular weight excluding hydrogens is 338 g/mol. The van der Waals surface area contributed by atoms with Gasteiger partial charge in [0.1, 0.15) is 6.61 Å². The number of fused-ring (bicyclic) bond motifs is 1. The Bertz CT molecular complexity index is 880. The third kappa shape index (κ3) is 3.82. The van der Waals surface area contributed by atoms with Crippen molar-refractivity contribution in [2.45, 2.75) is 13.1 Å². The topological polar surface area (TPSA) is 146 Å². The molecule has 0 saturated heterocycles. The SMILES string of the molecule is COCCOc1nc(N)c2nc(O)n(Cc3ccc(CNN)cc3)c2n1. The predicted octanol–water partition coefficient (Wildman–Crippen LogP) is 0.151. The minimum atomic E-state index is -0.192. The maximum atomic E-state index is 10.2. The van der Waals surface area contributed by atoms with E-state index >= 15 is 0 Å². The van der Waals surface area contributed by atoms with Crippen LogP contribution >= 0.6 is 0 Å². The van der Waals surface area contributed by atoms with Crippen LogP contribution in [0.2, 0.25) is 0 Å². The average molecular weight is 359 g/mol. The summed E-state index contributed by atoms with van der Waals surface area (Å²) in [5.41, 5.74) is 11.3. The van der Waals surface area contributed by atoms with Crippen LogP contribution < -0.4 is 21.7 Å². The molecule has 3 rings (SSSR count). The van der Waals surface area contributed by atoms with Crippen molar-refractivity contribution in [1.29, 1.82) is 0 Å². The molecule has 3 aromatic rings. The van der Waals surface area contributed by atoms with Crippen LogP contribution in [0.3, 0.4) is 0 Å². The van der Waals surface area contributed by atoms with Gasteiger partial charge in [-0.2, -0.15) is 15.0 Å². The molecule has 0 aliphatic carbocycles. The van der Waals surface area contributed by atoms with Crippen LogP contribution in [0.4, 0.5) is 5.82 Å². The first-order chi connectivity index (χ1) is 12.6. The molecule has 2 aromatic heterocycles. The fourth-order valence-electron chi connectivity index (χ4n) is 2.48. The van der Waals surface area contributed by atoms with Crippen LogP contribution in [0, 0.1) is 0 Å². The highest BCUT2D eigenvalue weighted by Gasteiger charge is 2.17. The van der Waals surface area contributed by atoms with Crippen molar-refractivity contribution in [2.75, 3.05) is 26.1 Å². The van der Waals surface area contributed by atoms with Crippen LogP contribution in [0.5, 0.6) is 12.0 Å². The highest BCUT2D eigenvalue weighted by molar-refractivity contribution is 5.83. The minimum Gasteiger partial charge on any atom is -0.480 e. The molecule has 0 radical (unpaired) electrons. The molecule has 1 aromatic carbocycles. The van der Waals surface area contributed by atoms with Crippen molar-refractivity contribution in [3.05, 3.63) is 35.4 Å². The molecule has 0 spiro atoms. The summed E-state index contributed by atoms with van der Waals surface area (Å²) in [6, 6.07) is 7.71. The number of aromatic hydroxyl groups is 1. The Hall–Kier alpha value is -2.95. The lowest BCUT2D eigenvalue weighted by atomic mass is 10.1. The minimum absolute atomic E-state index is 0.109. The number of imidazole rings is 1. The van der Waals surface area contributed by atoms with E-state index in [0.717, 1.165) is 11.1 Å². The van der Waals surface area contributed by atoms with Crippen molar-refractivity contribution < 1.29 is 14.6 Å². The molecule has 0 unspecified atom stereocenters. The summed E-state index contributed by atoms with van der Waals surface area (Å²) in [6.07, 6.45) is 0. The number of hydrogen-bond donors (Lipinski definition) is 4. The first kappa shape index (κ1) is 17.9. The van der Waals surface area contributed by atoms with Crippen LogP contribution in [-0.4, -0.2) is 44.9 Å². The summed E-state index contributed by atoms with van der Waals surface area (Å²) in [6.45, 7) is 1.63. The van der Waals surface area contributed by atoms with Gasteiger partial charge in [0.05, 0.1) is 13.2 Å². The Kier molecular flexibility index (Phi) is 5.46. The summed E-state index contributed by atoms with van der Waals surface area (Å²) >= 11 is 0. The van der Waals surface area contributed by atoms with E-state index in [-0.39, 0.29) is 24.4 Å². The molecule has 0 atom stereocenters. The van der Waals surface area contributed by atoms with Gasteiger partial charge < -0.3 is 20.3 Å². The largest absolute Gasteiger partial charge is 0.480 e. The normalized spacial score (nSPS) is 11.2. The molecule has 0 aliphatic rings. The molecule has 0 aliphatic heterocycles. The van der Waals surface area contributed by atoms with Gasteiger partial charge in [-0.3, -0.25) is 15.8 Å². The highest BCUT2D eigenvalue weighted by atomic mass is 16.5. The van der Waals surface area contributed by atoms with Gasteiger partial charge in [0.2, 0.25) is 0 Å². The summed E-state index contributed by atoms with van der Waals surface area (Å²) in [5.74, 6) is 5.46. The molecule has 0 bridgehead atoms. The quantitative estimate of drug-likeness (QED) is 0.251. The number of nitrogens with zero attached hydrogens (tertiary/aromatic N) is 4. The van der Waals surface area contributed by atoms with Gasteiger partial charge in [0, 0.05) is 13.7 Å². The second-order valence-corrected chi connectivity index (χ2v) is 5.60. The lowest BCUT2D eigenvalue weighted by Gasteiger charge is -2.08. The highest BCUT2D eigenvalue weighted by Crippen LogP contribution is 2.25.